The second-order valence-electron chi connectivity index (χ2n) is 5.96. The Balaban J connectivity index is 1.52. The number of halogens is 3. The van der Waals surface area contributed by atoms with Crippen molar-refractivity contribution >= 4 is 11.7 Å². The summed E-state index contributed by atoms with van der Waals surface area (Å²) in [6.45, 7) is 0.230. The fourth-order valence-corrected chi connectivity index (χ4v) is 2.55. The molecule has 1 heterocycles. The lowest BCUT2D eigenvalue weighted by Crippen LogP contribution is -2.31. The first kappa shape index (κ1) is 19.3. The highest BCUT2D eigenvalue weighted by atomic mass is 19.4. The van der Waals surface area contributed by atoms with Crippen LogP contribution in [0.25, 0.3) is 11.4 Å². The number of rotatable bonds is 5. The smallest absolute Gasteiger partial charge is 0.338 e. The summed E-state index contributed by atoms with van der Waals surface area (Å²) in [5.41, 5.74) is 0.517. The van der Waals surface area contributed by atoms with Crippen LogP contribution in [0, 0.1) is 0 Å². The van der Waals surface area contributed by atoms with E-state index in [1.807, 2.05) is 30.3 Å². The molecule has 0 spiro atoms. The van der Waals surface area contributed by atoms with Gasteiger partial charge in [-0.05, 0) is 24.1 Å². The third-order valence-corrected chi connectivity index (χ3v) is 3.92. The molecule has 0 atom stereocenters. The first-order chi connectivity index (χ1) is 13.4. The molecule has 0 saturated carbocycles. The number of para-hydroxylation sites is 1. The van der Waals surface area contributed by atoms with Crippen molar-refractivity contribution in [1.82, 2.24) is 15.3 Å². The molecular formula is C20H17F3N4O. The molecule has 2 aromatic carbocycles. The van der Waals surface area contributed by atoms with Gasteiger partial charge in [0.05, 0.1) is 11.3 Å². The van der Waals surface area contributed by atoms with Gasteiger partial charge in [0.2, 0.25) is 0 Å². The summed E-state index contributed by atoms with van der Waals surface area (Å²) in [5, 5.41) is 4.76. The molecule has 28 heavy (non-hydrogen) atoms. The molecule has 8 heteroatoms. The van der Waals surface area contributed by atoms with Gasteiger partial charge in [-0.25, -0.2) is 14.8 Å². The van der Waals surface area contributed by atoms with Crippen molar-refractivity contribution in [2.45, 2.75) is 12.6 Å². The lowest BCUT2D eigenvalue weighted by Gasteiger charge is -2.14. The molecule has 0 radical (unpaired) electrons. The van der Waals surface area contributed by atoms with Crippen LogP contribution in [0.4, 0.5) is 23.7 Å². The highest BCUT2D eigenvalue weighted by Gasteiger charge is 2.33. The van der Waals surface area contributed by atoms with Crippen LogP contribution in [0.1, 0.15) is 11.1 Å². The molecule has 3 rings (SSSR count). The normalized spacial score (nSPS) is 11.1. The number of urea groups is 1. The van der Waals surface area contributed by atoms with E-state index in [2.05, 4.69) is 20.6 Å². The standard InChI is InChI=1S/C20H17F3N4O/c21-20(22,23)16-8-4-5-9-17(16)27-19(28)24-11-10-14-12-25-18(26-13-14)15-6-2-1-3-7-15/h1-9,12-13H,10-11H2,(H2,24,27,28). The van der Waals surface area contributed by atoms with Crippen LogP contribution in [0.3, 0.4) is 0 Å². The van der Waals surface area contributed by atoms with Crippen molar-refractivity contribution in [1.29, 1.82) is 0 Å². The third kappa shape index (κ3) is 5.06. The van der Waals surface area contributed by atoms with E-state index < -0.39 is 17.8 Å². The van der Waals surface area contributed by atoms with E-state index in [9.17, 15) is 18.0 Å². The summed E-state index contributed by atoms with van der Waals surface area (Å²) >= 11 is 0. The number of nitrogens with zero attached hydrogens (tertiary/aromatic N) is 2. The van der Waals surface area contributed by atoms with Crippen LogP contribution in [0.15, 0.2) is 67.0 Å². The Kier molecular flexibility index (Phi) is 5.88. The maximum absolute atomic E-state index is 12.9. The number of carbonyl (C=O) groups is 1. The topological polar surface area (TPSA) is 66.9 Å². The third-order valence-electron chi connectivity index (χ3n) is 3.92. The molecule has 1 aromatic heterocycles. The average Bonchev–Trinajstić information content (AvgIpc) is 2.69. The maximum atomic E-state index is 12.9. The molecule has 0 aliphatic carbocycles. The SMILES string of the molecule is O=C(NCCc1cnc(-c2ccccc2)nc1)Nc1ccccc1C(F)(F)F. The fraction of sp³-hybridized carbons (Fsp3) is 0.150. The monoisotopic (exact) mass is 386 g/mol. The molecule has 0 aliphatic heterocycles. The van der Waals surface area contributed by atoms with Crippen LogP contribution in [0.5, 0.6) is 0 Å². The van der Waals surface area contributed by atoms with Gasteiger partial charge in [-0.2, -0.15) is 13.2 Å². The van der Waals surface area contributed by atoms with E-state index in [-0.39, 0.29) is 12.2 Å². The minimum Gasteiger partial charge on any atom is -0.338 e. The van der Waals surface area contributed by atoms with E-state index in [0.717, 1.165) is 17.2 Å². The quantitative estimate of drug-likeness (QED) is 0.677. The van der Waals surface area contributed by atoms with Gasteiger partial charge in [-0.1, -0.05) is 42.5 Å². The predicted molar refractivity (Wildman–Crippen MR) is 99.6 cm³/mol. The predicted octanol–water partition coefficient (Wildman–Crippen LogP) is 4.53. The maximum Gasteiger partial charge on any atom is 0.418 e. The first-order valence-electron chi connectivity index (χ1n) is 8.51. The van der Waals surface area contributed by atoms with Gasteiger partial charge in [-0.3, -0.25) is 0 Å². The molecule has 144 valence electrons. The number of amides is 2. The van der Waals surface area contributed by atoms with Gasteiger partial charge in [0.15, 0.2) is 5.82 Å². The summed E-state index contributed by atoms with van der Waals surface area (Å²) in [6.07, 6.45) is -0.771. The van der Waals surface area contributed by atoms with E-state index in [1.54, 1.807) is 12.4 Å². The van der Waals surface area contributed by atoms with Crippen molar-refractivity contribution in [3.05, 3.63) is 78.1 Å². The molecular weight excluding hydrogens is 369 g/mol. The molecule has 2 amide bonds. The zero-order valence-corrected chi connectivity index (χ0v) is 14.7. The minimum absolute atomic E-state index is 0.230. The van der Waals surface area contributed by atoms with Gasteiger partial charge >= 0.3 is 12.2 Å². The summed E-state index contributed by atoms with van der Waals surface area (Å²) in [4.78, 5) is 20.5. The molecule has 0 bridgehead atoms. The van der Waals surface area contributed by atoms with Gasteiger partial charge < -0.3 is 10.6 Å². The van der Waals surface area contributed by atoms with Crippen molar-refractivity contribution in [3.8, 4) is 11.4 Å². The van der Waals surface area contributed by atoms with E-state index in [4.69, 9.17) is 0 Å². The molecule has 3 aromatic rings. The first-order valence-corrected chi connectivity index (χ1v) is 8.51. The van der Waals surface area contributed by atoms with Crippen molar-refractivity contribution in [2.24, 2.45) is 0 Å². The molecule has 0 saturated heterocycles. The highest BCUT2D eigenvalue weighted by molar-refractivity contribution is 5.90. The summed E-state index contributed by atoms with van der Waals surface area (Å²) < 4.78 is 38.8. The number of hydrogen-bond donors (Lipinski definition) is 2. The van der Waals surface area contributed by atoms with Crippen LogP contribution in [-0.2, 0) is 12.6 Å². The Morgan fingerprint density at radius 3 is 2.25 bits per heavy atom. The Hall–Kier alpha value is -3.42. The Labute approximate surface area is 159 Å². The zero-order chi connectivity index (χ0) is 20.0. The Morgan fingerprint density at radius 1 is 0.929 bits per heavy atom. The Bertz CT molecular complexity index is 928. The largest absolute Gasteiger partial charge is 0.418 e. The molecule has 0 fully saturated rings. The summed E-state index contributed by atoms with van der Waals surface area (Å²) in [6, 6.07) is 13.6. The van der Waals surface area contributed by atoms with Crippen LogP contribution in [0.2, 0.25) is 0 Å². The second-order valence-corrected chi connectivity index (χ2v) is 5.96. The number of alkyl halides is 3. The van der Waals surface area contributed by atoms with Gasteiger partial charge in [0.25, 0.3) is 0 Å². The van der Waals surface area contributed by atoms with Gasteiger partial charge in [-0.15, -0.1) is 0 Å². The summed E-state index contributed by atoms with van der Waals surface area (Å²) in [7, 11) is 0. The van der Waals surface area contributed by atoms with E-state index in [1.165, 1.54) is 18.2 Å². The van der Waals surface area contributed by atoms with Crippen molar-refractivity contribution in [2.75, 3.05) is 11.9 Å². The van der Waals surface area contributed by atoms with Crippen LogP contribution in [-0.4, -0.2) is 22.5 Å². The van der Waals surface area contributed by atoms with Gasteiger partial charge in [0, 0.05) is 24.5 Å². The number of carbonyl (C=O) groups excluding carboxylic acids is 1. The molecule has 5 nitrogen and oxygen atoms in total. The van der Waals surface area contributed by atoms with Gasteiger partial charge in [0.1, 0.15) is 0 Å². The number of nitrogens with one attached hydrogen (secondary N) is 2. The Morgan fingerprint density at radius 2 is 1.57 bits per heavy atom. The average molecular weight is 386 g/mol. The number of anilines is 1. The van der Waals surface area contributed by atoms with Crippen LogP contribution >= 0.6 is 0 Å². The fourth-order valence-electron chi connectivity index (χ4n) is 2.55. The lowest BCUT2D eigenvalue weighted by atomic mass is 10.1. The van der Waals surface area contributed by atoms with Crippen molar-refractivity contribution in [3.63, 3.8) is 0 Å². The number of aromatic nitrogens is 2. The van der Waals surface area contributed by atoms with Crippen LogP contribution < -0.4 is 10.6 Å². The number of benzene rings is 2. The highest BCUT2D eigenvalue weighted by Crippen LogP contribution is 2.34. The second kappa shape index (κ2) is 8.51. The zero-order valence-electron chi connectivity index (χ0n) is 14.7. The summed E-state index contributed by atoms with van der Waals surface area (Å²) in [5.74, 6) is 0.596. The van der Waals surface area contributed by atoms with E-state index >= 15 is 0 Å². The molecule has 0 unspecified atom stereocenters. The minimum atomic E-state index is -4.54. The molecule has 0 aliphatic rings. The van der Waals surface area contributed by atoms with Crippen molar-refractivity contribution < 1.29 is 18.0 Å². The molecule has 2 N–H and O–H groups in total. The van der Waals surface area contributed by atoms with E-state index in [0.29, 0.717) is 12.2 Å². The lowest BCUT2D eigenvalue weighted by molar-refractivity contribution is -0.136. The number of hydrogen-bond acceptors (Lipinski definition) is 3.